The molecule has 0 bridgehead atoms. The van der Waals surface area contributed by atoms with Crippen molar-refractivity contribution in [3.63, 3.8) is 0 Å². The summed E-state index contributed by atoms with van der Waals surface area (Å²) in [5.41, 5.74) is 4.50. The highest BCUT2D eigenvalue weighted by Crippen LogP contribution is 2.23. The minimum absolute atomic E-state index is 0.0364. The molecule has 1 saturated carbocycles. The second-order valence-corrected chi connectivity index (χ2v) is 7.17. The number of carbonyl (C=O) groups excluding carboxylic acids is 1. The quantitative estimate of drug-likeness (QED) is 0.882. The van der Waals surface area contributed by atoms with Crippen molar-refractivity contribution < 1.29 is 10.1 Å². The van der Waals surface area contributed by atoms with E-state index >= 15 is 0 Å². The third-order valence-electron chi connectivity index (χ3n) is 5.05. The smallest absolute Gasteiger partial charge is 0.282 e. The van der Waals surface area contributed by atoms with Gasteiger partial charge < -0.3 is 10.6 Å². The van der Waals surface area contributed by atoms with E-state index in [1.807, 2.05) is 6.92 Å². The summed E-state index contributed by atoms with van der Waals surface area (Å²) in [6.07, 6.45) is 5.18. The lowest BCUT2D eigenvalue weighted by Gasteiger charge is -2.28. The summed E-state index contributed by atoms with van der Waals surface area (Å²) in [7, 11) is 0. The first-order valence-electron chi connectivity index (χ1n) is 8.62. The lowest BCUT2D eigenvalue weighted by atomic mass is 9.85. The fraction of sp³-hybridized carbons (Fsp3) is 0.632. The van der Waals surface area contributed by atoms with Crippen molar-refractivity contribution in [1.82, 2.24) is 0 Å². The molecule has 122 valence electrons. The molecule has 3 nitrogen and oxygen atoms in total. The SMILES string of the molecule is Cc1cc(C)c(NC(=O)[C@@H](C)[NH2+][C@H]2CCCC[C@@H]2C)c(C)c1. The number of hydrogen-bond acceptors (Lipinski definition) is 1. The molecule has 3 heteroatoms. The third-order valence-corrected chi connectivity index (χ3v) is 5.05. The van der Waals surface area contributed by atoms with Crippen molar-refractivity contribution in [2.24, 2.45) is 5.92 Å². The van der Waals surface area contributed by atoms with Gasteiger partial charge in [-0.3, -0.25) is 4.79 Å². The standard InChI is InChI=1S/C19H30N2O/c1-12-10-14(3)18(15(4)11-12)21-19(22)16(5)20-17-9-7-6-8-13(17)2/h10-11,13,16-17,20H,6-9H2,1-5H3,(H,21,22)/p+1/t13-,16+,17-/m0/s1. The van der Waals surface area contributed by atoms with Gasteiger partial charge in [0.25, 0.3) is 5.91 Å². The molecule has 0 heterocycles. The average molecular weight is 303 g/mol. The van der Waals surface area contributed by atoms with Crippen molar-refractivity contribution in [1.29, 1.82) is 0 Å². The number of hydrogen-bond donors (Lipinski definition) is 2. The Morgan fingerprint density at radius 2 is 1.77 bits per heavy atom. The average Bonchev–Trinajstić information content (AvgIpc) is 2.45. The molecule has 0 spiro atoms. The molecule has 22 heavy (non-hydrogen) atoms. The Bertz CT molecular complexity index is 515. The van der Waals surface area contributed by atoms with Crippen molar-refractivity contribution >= 4 is 11.6 Å². The summed E-state index contributed by atoms with van der Waals surface area (Å²) in [6, 6.07) is 4.81. The monoisotopic (exact) mass is 303 g/mol. The molecule has 1 aliphatic carbocycles. The number of nitrogens with two attached hydrogens (primary N) is 1. The molecule has 0 aromatic heterocycles. The molecule has 0 saturated heterocycles. The summed E-state index contributed by atoms with van der Waals surface area (Å²) in [6.45, 7) is 10.6. The molecule has 1 fully saturated rings. The maximum absolute atomic E-state index is 12.5. The maximum Gasteiger partial charge on any atom is 0.282 e. The second kappa shape index (κ2) is 7.28. The summed E-state index contributed by atoms with van der Waals surface area (Å²) >= 11 is 0. The Labute approximate surface area is 134 Å². The highest BCUT2D eigenvalue weighted by atomic mass is 16.2. The summed E-state index contributed by atoms with van der Waals surface area (Å²) in [5.74, 6) is 0.833. The first-order chi connectivity index (χ1) is 10.4. The Morgan fingerprint density at radius 1 is 1.18 bits per heavy atom. The molecule has 1 aromatic carbocycles. The highest BCUT2D eigenvalue weighted by Gasteiger charge is 2.28. The number of aryl methyl sites for hydroxylation is 3. The molecular formula is C19H31N2O+. The van der Waals surface area contributed by atoms with Crippen LogP contribution in [0.5, 0.6) is 0 Å². The molecule has 0 radical (unpaired) electrons. The van der Waals surface area contributed by atoms with Gasteiger partial charge in [0.05, 0.1) is 6.04 Å². The van der Waals surface area contributed by atoms with Gasteiger partial charge in [-0.15, -0.1) is 0 Å². The number of carbonyl (C=O) groups is 1. The fourth-order valence-electron chi connectivity index (χ4n) is 3.70. The highest BCUT2D eigenvalue weighted by molar-refractivity contribution is 5.95. The van der Waals surface area contributed by atoms with Crippen LogP contribution in [-0.2, 0) is 4.79 Å². The number of benzene rings is 1. The fourth-order valence-corrected chi connectivity index (χ4v) is 3.70. The lowest BCUT2D eigenvalue weighted by molar-refractivity contribution is -0.714. The van der Waals surface area contributed by atoms with E-state index in [9.17, 15) is 4.79 Å². The van der Waals surface area contributed by atoms with E-state index in [4.69, 9.17) is 0 Å². The Morgan fingerprint density at radius 3 is 2.36 bits per heavy atom. The molecule has 1 amide bonds. The van der Waals surface area contributed by atoms with Crippen LogP contribution in [-0.4, -0.2) is 18.0 Å². The second-order valence-electron chi connectivity index (χ2n) is 7.17. The molecule has 0 unspecified atom stereocenters. The minimum atomic E-state index is -0.0364. The number of amides is 1. The van der Waals surface area contributed by atoms with Gasteiger partial charge in [0, 0.05) is 11.6 Å². The molecule has 3 N–H and O–H groups in total. The van der Waals surface area contributed by atoms with Crippen LogP contribution in [0.25, 0.3) is 0 Å². The third kappa shape index (κ3) is 4.10. The Balaban J connectivity index is 1.99. The van der Waals surface area contributed by atoms with Gasteiger partial charge in [-0.1, -0.05) is 31.0 Å². The molecule has 3 atom stereocenters. The van der Waals surface area contributed by atoms with Gasteiger partial charge in [0.1, 0.15) is 0 Å². The first kappa shape index (κ1) is 17.0. The first-order valence-corrected chi connectivity index (χ1v) is 8.62. The van der Waals surface area contributed by atoms with Gasteiger partial charge in [-0.05, 0) is 58.1 Å². The molecule has 2 rings (SSSR count). The zero-order valence-electron chi connectivity index (χ0n) is 14.7. The number of anilines is 1. The summed E-state index contributed by atoms with van der Waals surface area (Å²) < 4.78 is 0. The van der Waals surface area contributed by atoms with E-state index < -0.39 is 0 Å². The molecular weight excluding hydrogens is 272 g/mol. The van der Waals surface area contributed by atoms with E-state index in [2.05, 4.69) is 50.5 Å². The molecule has 1 aliphatic rings. The number of nitrogens with one attached hydrogen (secondary N) is 1. The molecule has 1 aromatic rings. The Kier molecular flexibility index (Phi) is 5.63. The zero-order chi connectivity index (χ0) is 16.3. The van der Waals surface area contributed by atoms with Crippen LogP contribution in [0.2, 0.25) is 0 Å². The van der Waals surface area contributed by atoms with Gasteiger partial charge >= 0.3 is 0 Å². The van der Waals surface area contributed by atoms with Crippen LogP contribution < -0.4 is 10.6 Å². The van der Waals surface area contributed by atoms with Crippen molar-refractivity contribution in [2.45, 2.75) is 72.4 Å². The van der Waals surface area contributed by atoms with Crippen LogP contribution in [0.1, 0.15) is 56.2 Å². The van der Waals surface area contributed by atoms with E-state index in [0.717, 1.165) is 16.8 Å². The van der Waals surface area contributed by atoms with E-state index in [1.165, 1.54) is 31.2 Å². The zero-order valence-corrected chi connectivity index (χ0v) is 14.7. The summed E-state index contributed by atoms with van der Waals surface area (Å²) in [4.78, 5) is 12.5. The predicted molar refractivity (Wildman–Crippen MR) is 92.1 cm³/mol. The topological polar surface area (TPSA) is 45.7 Å². The van der Waals surface area contributed by atoms with E-state index in [-0.39, 0.29) is 11.9 Å². The van der Waals surface area contributed by atoms with E-state index in [1.54, 1.807) is 0 Å². The van der Waals surface area contributed by atoms with Crippen LogP contribution in [0.4, 0.5) is 5.69 Å². The van der Waals surface area contributed by atoms with Gasteiger partial charge in [-0.2, -0.15) is 0 Å². The lowest BCUT2D eigenvalue weighted by Crippen LogP contribution is -2.97. The normalized spacial score (nSPS) is 23.1. The van der Waals surface area contributed by atoms with Gasteiger partial charge in [-0.25, -0.2) is 0 Å². The predicted octanol–water partition coefficient (Wildman–Crippen LogP) is 3.08. The van der Waals surface area contributed by atoms with Crippen LogP contribution >= 0.6 is 0 Å². The minimum Gasteiger partial charge on any atom is -0.334 e. The van der Waals surface area contributed by atoms with Gasteiger partial charge in [0.15, 0.2) is 6.04 Å². The molecule has 0 aliphatic heterocycles. The number of rotatable bonds is 4. The van der Waals surface area contributed by atoms with Crippen molar-refractivity contribution in [3.8, 4) is 0 Å². The van der Waals surface area contributed by atoms with Gasteiger partial charge in [0.2, 0.25) is 0 Å². The van der Waals surface area contributed by atoms with E-state index in [0.29, 0.717) is 12.0 Å². The van der Waals surface area contributed by atoms with Crippen LogP contribution in [0, 0.1) is 26.7 Å². The number of quaternary nitrogens is 1. The Hall–Kier alpha value is -1.35. The van der Waals surface area contributed by atoms with Crippen LogP contribution in [0.15, 0.2) is 12.1 Å². The largest absolute Gasteiger partial charge is 0.334 e. The van der Waals surface area contributed by atoms with Crippen molar-refractivity contribution in [2.75, 3.05) is 5.32 Å². The van der Waals surface area contributed by atoms with Crippen LogP contribution in [0.3, 0.4) is 0 Å². The maximum atomic E-state index is 12.5. The van der Waals surface area contributed by atoms with Crippen molar-refractivity contribution in [3.05, 3.63) is 28.8 Å². The summed E-state index contributed by atoms with van der Waals surface area (Å²) in [5, 5.41) is 5.42.